The number of halogens is 3. The van der Waals surface area contributed by atoms with Gasteiger partial charge in [-0.3, -0.25) is 4.90 Å². The van der Waals surface area contributed by atoms with Crippen molar-refractivity contribution < 1.29 is 27.8 Å². The molecule has 0 saturated carbocycles. The Kier molecular flexibility index (Phi) is 9.85. The third-order valence-electron chi connectivity index (χ3n) is 7.58. The van der Waals surface area contributed by atoms with E-state index in [9.17, 15) is 18.0 Å². The molecule has 2 N–H and O–H groups in total. The van der Waals surface area contributed by atoms with Crippen molar-refractivity contribution in [2.75, 3.05) is 6.54 Å². The molecular formula is C37H32F3N2O3-. The summed E-state index contributed by atoms with van der Waals surface area (Å²) in [5.74, 6) is -0.154. The maximum absolute atomic E-state index is 12.4. The number of para-hydroxylation sites is 1. The molecule has 0 bridgehead atoms. The van der Waals surface area contributed by atoms with Crippen LogP contribution in [-0.2, 0) is 32.3 Å². The van der Waals surface area contributed by atoms with Gasteiger partial charge in [-0.2, -0.15) is 13.2 Å². The number of nitrogens with one attached hydrogen (secondary N) is 1. The van der Waals surface area contributed by atoms with Gasteiger partial charge in [0.15, 0.2) is 0 Å². The molecule has 45 heavy (non-hydrogen) atoms. The van der Waals surface area contributed by atoms with E-state index >= 15 is 0 Å². The molecule has 5 aromatic carbocycles. The lowest BCUT2D eigenvalue weighted by Gasteiger charge is -2.30. The fraction of sp³-hybridized carbons (Fsp3) is 0.162. The number of benzene rings is 5. The SMILES string of the molecule is O=C(O)c1ccccc1-c1ccc(C(F)(F)F)cc1.[NH-]c1ccc2c(c1)CCN(Cc1ccccc1OCc1ccccc1)C2. The average molecular weight is 610 g/mol. The number of nitrogens with zero attached hydrogens (tertiary/aromatic N) is 1. The van der Waals surface area contributed by atoms with E-state index in [1.165, 1.54) is 40.5 Å². The number of rotatable bonds is 7. The number of alkyl halides is 3. The van der Waals surface area contributed by atoms with Crippen molar-refractivity contribution in [2.24, 2.45) is 0 Å². The van der Waals surface area contributed by atoms with Crippen molar-refractivity contribution in [3.63, 3.8) is 0 Å². The molecule has 1 aliphatic rings. The Bertz CT molecular complexity index is 1740. The van der Waals surface area contributed by atoms with E-state index < -0.39 is 17.7 Å². The summed E-state index contributed by atoms with van der Waals surface area (Å²) in [6.07, 6.45) is -3.39. The molecule has 0 fully saturated rings. The standard InChI is InChI=1S/C23H23N2O.C14H9F3O2/c24-22-11-10-20-15-25(13-12-19(20)14-22)16-21-8-4-5-9-23(21)26-17-18-6-2-1-3-7-18;15-14(16,17)10-7-5-9(6-8-10)11-3-1-2-4-12(11)13(18)19/h1-11,14,24H,12-13,15-17H2;1-8H,(H,18,19)/q-1;. The van der Waals surface area contributed by atoms with E-state index in [0.29, 0.717) is 23.4 Å². The number of ether oxygens (including phenoxy) is 1. The van der Waals surface area contributed by atoms with Crippen molar-refractivity contribution in [1.82, 2.24) is 4.90 Å². The maximum atomic E-state index is 12.4. The number of aromatic carboxylic acids is 1. The molecule has 5 nitrogen and oxygen atoms in total. The van der Waals surface area contributed by atoms with E-state index in [4.69, 9.17) is 15.6 Å². The van der Waals surface area contributed by atoms with Crippen LogP contribution in [0.4, 0.5) is 18.9 Å². The minimum Gasteiger partial charge on any atom is -0.699 e. The second-order valence-electron chi connectivity index (χ2n) is 10.8. The molecule has 1 heterocycles. The van der Waals surface area contributed by atoms with Crippen LogP contribution in [0.1, 0.15) is 38.2 Å². The summed E-state index contributed by atoms with van der Waals surface area (Å²) in [5.41, 5.74) is 13.6. The molecule has 0 aliphatic carbocycles. The maximum Gasteiger partial charge on any atom is 0.416 e. The molecule has 8 heteroatoms. The number of carboxylic acid groups (broad SMARTS) is 1. The van der Waals surface area contributed by atoms with Gasteiger partial charge < -0.3 is 15.6 Å². The van der Waals surface area contributed by atoms with Crippen LogP contribution in [0.15, 0.2) is 121 Å². The normalized spacial score (nSPS) is 12.9. The van der Waals surface area contributed by atoms with Crippen molar-refractivity contribution in [3.05, 3.63) is 160 Å². The summed E-state index contributed by atoms with van der Waals surface area (Å²) in [6.45, 7) is 3.42. The summed E-state index contributed by atoms with van der Waals surface area (Å²) >= 11 is 0. The van der Waals surface area contributed by atoms with Crippen LogP contribution in [0, 0.1) is 0 Å². The monoisotopic (exact) mass is 609 g/mol. The van der Waals surface area contributed by atoms with E-state index in [0.717, 1.165) is 43.9 Å². The van der Waals surface area contributed by atoms with E-state index in [-0.39, 0.29) is 5.56 Å². The van der Waals surface area contributed by atoms with Crippen LogP contribution in [0.2, 0.25) is 0 Å². The smallest absolute Gasteiger partial charge is 0.416 e. The minimum absolute atomic E-state index is 0.0576. The summed E-state index contributed by atoms with van der Waals surface area (Å²) < 4.78 is 43.4. The summed E-state index contributed by atoms with van der Waals surface area (Å²) in [6, 6.07) is 35.2. The Balaban J connectivity index is 0.000000187. The number of fused-ring (bicyclic) bond motifs is 1. The summed E-state index contributed by atoms with van der Waals surface area (Å²) in [4.78, 5) is 13.5. The first-order valence-electron chi connectivity index (χ1n) is 14.5. The van der Waals surface area contributed by atoms with Crippen LogP contribution in [0.5, 0.6) is 5.75 Å². The molecule has 6 rings (SSSR count). The second kappa shape index (κ2) is 14.1. The van der Waals surface area contributed by atoms with Gasteiger partial charge >= 0.3 is 12.1 Å². The first-order valence-corrected chi connectivity index (χ1v) is 14.5. The highest BCUT2D eigenvalue weighted by atomic mass is 19.4. The van der Waals surface area contributed by atoms with Gasteiger partial charge in [0.05, 0.1) is 11.1 Å². The van der Waals surface area contributed by atoms with Crippen LogP contribution in [0.3, 0.4) is 0 Å². The Labute approximate surface area is 260 Å². The number of carbonyl (C=O) groups is 1. The highest BCUT2D eigenvalue weighted by molar-refractivity contribution is 5.96. The molecule has 0 atom stereocenters. The van der Waals surface area contributed by atoms with Gasteiger partial charge in [-0.25, -0.2) is 4.79 Å². The molecule has 1 aliphatic heterocycles. The quantitative estimate of drug-likeness (QED) is 0.199. The van der Waals surface area contributed by atoms with Crippen molar-refractivity contribution >= 4 is 11.7 Å². The van der Waals surface area contributed by atoms with Gasteiger partial charge in [-0.15, -0.1) is 5.69 Å². The van der Waals surface area contributed by atoms with Crippen molar-refractivity contribution in [1.29, 1.82) is 0 Å². The van der Waals surface area contributed by atoms with E-state index in [1.807, 2.05) is 36.4 Å². The third-order valence-corrected chi connectivity index (χ3v) is 7.58. The predicted molar refractivity (Wildman–Crippen MR) is 169 cm³/mol. The van der Waals surface area contributed by atoms with Gasteiger partial charge in [0, 0.05) is 25.2 Å². The first kappa shape index (κ1) is 31.3. The molecular weight excluding hydrogens is 577 g/mol. The predicted octanol–water partition coefficient (Wildman–Crippen LogP) is 9.58. The molecule has 0 saturated heterocycles. The molecule has 0 aromatic heterocycles. The topological polar surface area (TPSA) is 73.6 Å². The summed E-state index contributed by atoms with van der Waals surface area (Å²) in [5, 5.41) is 9.03. The number of hydrogen-bond donors (Lipinski definition) is 1. The zero-order chi connectivity index (χ0) is 31.8. The average Bonchev–Trinajstić information content (AvgIpc) is 3.05. The van der Waals surface area contributed by atoms with E-state index in [1.54, 1.807) is 18.2 Å². The van der Waals surface area contributed by atoms with Gasteiger partial charge in [0.1, 0.15) is 12.4 Å². The lowest BCUT2D eigenvalue weighted by molar-refractivity contribution is -0.137. The van der Waals surface area contributed by atoms with Crippen LogP contribution >= 0.6 is 0 Å². The lowest BCUT2D eigenvalue weighted by atomic mass is 9.98. The van der Waals surface area contributed by atoms with Gasteiger partial charge in [-0.05, 0) is 58.5 Å². The molecule has 0 amide bonds. The molecule has 0 radical (unpaired) electrons. The lowest BCUT2D eigenvalue weighted by Crippen LogP contribution is -2.30. The second-order valence-corrected chi connectivity index (χ2v) is 10.8. The Morgan fingerprint density at radius 3 is 2.24 bits per heavy atom. The number of carboxylic acids is 1. The Hall–Kier alpha value is -5.08. The zero-order valence-corrected chi connectivity index (χ0v) is 24.4. The first-order chi connectivity index (χ1) is 21.7. The van der Waals surface area contributed by atoms with Gasteiger partial charge in [0.2, 0.25) is 0 Å². The molecule has 5 aromatic rings. The van der Waals surface area contributed by atoms with Crippen LogP contribution < -0.4 is 4.74 Å². The molecule has 230 valence electrons. The van der Waals surface area contributed by atoms with Crippen molar-refractivity contribution in [3.8, 4) is 16.9 Å². The minimum atomic E-state index is -4.40. The highest BCUT2D eigenvalue weighted by Gasteiger charge is 2.30. The Morgan fingerprint density at radius 1 is 0.822 bits per heavy atom. The van der Waals surface area contributed by atoms with E-state index in [2.05, 4.69) is 41.3 Å². The van der Waals surface area contributed by atoms with Crippen molar-refractivity contribution in [2.45, 2.75) is 32.3 Å². The van der Waals surface area contributed by atoms with Crippen LogP contribution in [0.25, 0.3) is 16.9 Å². The molecule has 0 spiro atoms. The van der Waals surface area contributed by atoms with Gasteiger partial charge in [-0.1, -0.05) is 97.1 Å². The number of hydrogen-bond acceptors (Lipinski definition) is 3. The zero-order valence-electron chi connectivity index (χ0n) is 24.4. The fourth-order valence-corrected chi connectivity index (χ4v) is 5.26. The third kappa shape index (κ3) is 8.31. The van der Waals surface area contributed by atoms with Gasteiger partial charge in [0.25, 0.3) is 0 Å². The fourth-order valence-electron chi connectivity index (χ4n) is 5.26. The molecule has 0 unspecified atom stereocenters. The Morgan fingerprint density at radius 2 is 1.51 bits per heavy atom. The van der Waals surface area contributed by atoms with Crippen LogP contribution in [-0.4, -0.2) is 22.5 Å². The summed E-state index contributed by atoms with van der Waals surface area (Å²) in [7, 11) is 0. The highest BCUT2D eigenvalue weighted by Crippen LogP contribution is 2.32. The largest absolute Gasteiger partial charge is 0.699 e.